The Labute approximate surface area is 91.4 Å². The molecule has 0 radical (unpaired) electrons. The number of carboxylic acids is 1. The minimum atomic E-state index is -0.960. The topological polar surface area (TPSA) is 80.9 Å². The van der Waals surface area contributed by atoms with E-state index in [0.717, 1.165) is 12.0 Å². The third-order valence-electron chi connectivity index (χ3n) is 1.69. The molecule has 0 saturated carbocycles. The molecule has 0 bridgehead atoms. The minimum Gasteiger partial charge on any atom is -0.480 e. The normalized spacial score (nSPS) is 10.2. The second-order valence-corrected chi connectivity index (χ2v) is 3.85. The van der Waals surface area contributed by atoms with Crippen molar-refractivity contribution < 1.29 is 9.90 Å². The first kappa shape index (κ1) is 11.7. The maximum atomic E-state index is 10.5. The van der Waals surface area contributed by atoms with Crippen LogP contribution in [0.2, 0.25) is 0 Å². The maximum absolute atomic E-state index is 10.5. The quantitative estimate of drug-likeness (QED) is 0.573. The number of aliphatic carboxylic acids is 1. The molecule has 1 N–H and O–H groups in total. The number of carboxylic acid groups (broad SMARTS) is 1. The maximum Gasteiger partial charge on any atom is 0.325 e. The molecule has 0 aromatic carbocycles. The number of tetrazole rings is 1. The standard InChI is InChI=1S/C8H12N4O2S/c1-3-6(2)5-15-8-9-10-11-12(8)4-7(13)14/h2-5H2,1H3,(H,13,14). The van der Waals surface area contributed by atoms with Crippen LogP contribution in [0.25, 0.3) is 0 Å². The molecule has 0 amide bonds. The predicted molar refractivity (Wildman–Crippen MR) is 55.6 cm³/mol. The zero-order chi connectivity index (χ0) is 11.3. The van der Waals surface area contributed by atoms with E-state index >= 15 is 0 Å². The highest BCUT2D eigenvalue weighted by Crippen LogP contribution is 2.17. The number of rotatable bonds is 6. The van der Waals surface area contributed by atoms with Crippen molar-refractivity contribution >= 4 is 17.7 Å². The molecule has 1 aromatic heterocycles. The van der Waals surface area contributed by atoms with E-state index in [0.29, 0.717) is 10.9 Å². The molecule has 0 aliphatic carbocycles. The fourth-order valence-electron chi connectivity index (χ4n) is 0.796. The summed E-state index contributed by atoms with van der Waals surface area (Å²) >= 11 is 1.39. The van der Waals surface area contributed by atoms with Gasteiger partial charge in [-0.05, 0) is 16.8 Å². The molecule has 0 aliphatic rings. The van der Waals surface area contributed by atoms with E-state index in [1.165, 1.54) is 16.4 Å². The lowest BCUT2D eigenvalue weighted by Crippen LogP contribution is -2.11. The van der Waals surface area contributed by atoms with Gasteiger partial charge in [-0.2, -0.15) is 0 Å². The molecule has 1 heterocycles. The molecule has 0 unspecified atom stereocenters. The highest BCUT2D eigenvalue weighted by molar-refractivity contribution is 7.99. The summed E-state index contributed by atoms with van der Waals surface area (Å²) in [5, 5.41) is 19.8. The molecule has 0 fully saturated rings. The Balaban J connectivity index is 2.57. The van der Waals surface area contributed by atoms with Crippen LogP contribution in [0, 0.1) is 0 Å². The lowest BCUT2D eigenvalue weighted by molar-refractivity contribution is -0.138. The van der Waals surface area contributed by atoms with E-state index in [2.05, 4.69) is 22.1 Å². The average Bonchev–Trinajstić information content (AvgIpc) is 2.61. The fraction of sp³-hybridized carbons (Fsp3) is 0.500. The van der Waals surface area contributed by atoms with Gasteiger partial charge in [0, 0.05) is 5.75 Å². The van der Waals surface area contributed by atoms with E-state index in [4.69, 9.17) is 5.11 Å². The van der Waals surface area contributed by atoms with Gasteiger partial charge in [-0.3, -0.25) is 4.79 Å². The lowest BCUT2D eigenvalue weighted by atomic mass is 10.3. The SMILES string of the molecule is C=C(CC)CSc1nnnn1CC(=O)O. The summed E-state index contributed by atoms with van der Waals surface area (Å²) in [5.41, 5.74) is 1.07. The number of nitrogens with zero attached hydrogens (tertiary/aromatic N) is 4. The second kappa shape index (κ2) is 5.50. The van der Waals surface area contributed by atoms with Crippen LogP contribution in [0.15, 0.2) is 17.3 Å². The van der Waals surface area contributed by atoms with Crippen molar-refractivity contribution in [3.63, 3.8) is 0 Å². The third-order valence-corrected chi connectivity index (χ3v) is 2.79. The molecular formula is C8H12N4O2S. The first-order chi connectivity index (χ1) is 7.13. The van der Waals surface area contributed by atoms with Crippen LogP contribution < -0.4 is 0 Å². The van der Waals surface area contributed by atoms with Crippen LogP contribution in [0.3, 0.4) is 0 Å². The Morgan fingerprint density at radius 2 is 2.40 bits per heavy atom. The molecule has 1 aromatic rings. The van der Waals surface area contributed by atoms with Crippen molar-refractivity contribution in [1.82, 2.24) is 20.2 Å². The number of aromatic nitrogens is 4. The van der Waals surface area contributed by atoms with E-state index in [1.807, 2.05) is 6.92 Å². The molecule has 0 atom stereocenters. The van der Waals surface area contributed by atoms with Gasteiger partial charge in [-0.15, -0.1) is 5.10 Å². The van der Waals surface area contributed by atoms with Crippen molar-refractivity contribution in [3.05, 3.63) is 12.2 Å². The number of hydrogen-bond donors (Lipinski definition) is 1. The van der Waals surface area contributed by atoms with Gasteiger partial charge in [0.25, 0.3) is 0 Å². The summed E-state index contributed by atoms with van der Waals surface area (Å²) in [7, 11) is 0. The van der Waals surface area contributed by atoms with Gasteiger partial charge in [-0.1, -0.05) is 30.8 Å². The monoisotopic (exact) mass is 228 g/mol. The van der Waals surface area contributed by atoms with Gasteiger partial charge in [0.05, 0.1) is 0 Å². The Bertz CT molecular complexity index is 363. The summed E-state index contributed by atoms with van der Waals surface area (Å²) in [6.45, 7) is 5.65. The van der Waals surface area contributed by atoms with Crippen LogP contribution >= 0.6 is 11.8 Å². The van der Waals surface area contributed by atoms with Gasteiger partial charge in [0.1, 0.15) is 6.54 Å². The van der Waals surface area contributed by atoms with Crippen LogP contribution in [0.5, 0.6) is 0 Å². The molecule has 0 spiro atoms. The van der Waals surface area contributed by atoms with Crippen molar-refractivity contribution in [1.29, 1.82) is 0 Å². The van der Waals surface area contributed by atoms with E-state index < -0.39 is 5.97 Å². The van der Waals surface area contributed by atoms with Crippen LogP contribution in [0.4, 0.5) is 0 Å². The highest BCUT2D eigenvalue weighted by Gasteiger charge is 2.09. The largest absolute Gasteiger partial charge is 0.480 e. The van der Waals surface area contributed by atoms with Crippen molar-refractivity contribution in [2.45, 2.75) is 25.0 Å². The lowest BCUT2D eigenvalue weighted by Gasteiger charge is -2.01. The van der Waals surface area contributed by atoms with Crippen molar-refractivity contribution in [2.75, 3.05) is 5.75 Å². The molecule has 6 nitrogen and oxygen atoms in total. The zero-order valence-corrected chi connectivity index (χ0v) is 9.20. The number of hydrogen-bond acceptors (Lipinski definition) is 5. The molecule has 15 heavy (non-hydrogen) atoms. The Kier molecular flexibility index (Phi) is 4.29. The van der Waals surface area contributed by atoms with Gasteiger partial charge >= 0.3 is 5.97 Å². The molecular weight excluding hydrogens is 216 g/mol. The van der Waals surface area contributed by atoms with E-state index in [9.17, 15) is 4.79 Å². The van der Waals surface area contributed by atoms with Gasteiger partial charge in [0.2, 0.25) is 5.16 Å². The van der Waals surface area contributed by atoms with Crippen LogP contribution in [-0.4, -0.2) is 37.0 Å². The summed E-state index contributed by atoms with van der Waals surface area (Å²) in [6.07, 6.45) is 0.896. The summed E-state index contributed by atoms with van der Waals surface area (Å²) in [4.78, 5) is 10.5. The second-order valence-electron chi connectivity index (χ2n) is 2.91. The van der Waals surface area contributed by atoms with Crippen LogP contribution in [-0.2, 0) is 11.3 Å². The first-order valence-corrected chi connectivity index (χ1v) is 5.39. The number of thioether (sulfide) groups is 1. The van der Waals surface area contributed by atoms with Crippen molar-refractivity contribution in [3.8, 4) is 0 Å². The Hall–Kier alpha value is -1.37. The van der Waals surface area contributed by atoms with Gasteiger partial charge in [-0.25, -0.2) is 4.68 Å². The Morgan fingerprint density at radius 3 is 3.00 bits per heavy atom. The van der Waals surface area contributed by atoms with Crippen LogP contribution in [0.1, 0.15) is 13.3 Å². The van der Waals surface area contributed by atoms with E-state index in [-0.39, 0.29) is 6.54 Å². The fourth-order valence-corrected chi connectivity index (χ4v) is 1.68. The summed E-state index contributed by atoms with van der Waals surface area (Å²) < 4.78 is 1.26. The summed E-state index contributed by atoms with van der Waals surface area (Å²) in [6, 6.07) is 0. The molecule has 0 saturated heterocycles. The van der Waals surface area contributed by atoms with Gasteiger partial charge < -0.3 is 5.11 Å². The highest BCUT2D eigenvalue weighted by atomic mass is 32.2. The zero-order valence-electron chi connectivity index (χ0n) is 8.38. The molecule has 0 aliphatic heterocycles. The summed E-state index contributed by atoms with van der Waals surface area (Å²) in [5.74, 6) is -0.255. The van der Waals surface area contributed by atoms with Gasteiger partial charge in [0.15, 0.2) is 0 Å². The van der Waals surface area contributed by atoms with E-state index in [1.54, 1.807) is 0 Å². The smallest absolute Gasteiger partial charge is 0.325 e. The average molecular weight is 228 g/mol. The Morgan fingerprint density at radius 1 is 1.67 bits per heavy atom. The van der Waals surface area contributed by atoms with Crippen molar-refractivity contribution in [2.24, 2.45) is 0 Å². The molecule has 82 valence electrons. The number of carbonyl (C=O) groups is 1. The first-order valence-electron chi connectivity index (χ1n) is 4.41. The molecule has 7 heteroatoms. The third kappa shape index (κ3) is 3.70. The molecule has 1 rings (SSSR count). The minimum absolute atomic E-state index is 0.214. The predicted octanol–water partition coefficient (Wildman–Crippen LogP) is 0.816.